The van der Waals surface area contributed by atoms with Crippen LogP contribution in [-0.4, -0.2) is 22.0 Å². The number of amides is 1. The molecule has 0 unspecified atom stereocenters. The lowest BCUT2D eigenvalue weighted by Crippen LogP contribution is -2.11. The van der Waals surface area contributed by atoms with Crippen molar-refractivity contribution in [2.24, 2.45) is 5.73 Å². The topological polar surface area (TPSA) is 105 Å². The summed E-state index contributed by atoms with van der Waals surface area (Å²) in [6.45, 7) is 0.264. The molecule has 7 heteroatoms. The molecular formula is C14H12FN3O3. The predicted molar refractivity (Wildman–Crippen MR) is 73.4 cm³/mol. The van der Waals surface area contributed by atoms with Crippen LogP contribution in [0.25, 0.3) is 0 Å². The van der Waals surface area contributed by atoms with Crippen LogP contribution in [0.1, 0.15) is 26.4 Å². The zero-order valence-electron chi connectivity index (χ0n) is 10.8. The quantitative estimate of drug-likeness (QED) is 0.775. The predicted octanol–water partition coefficient (Wildman–Crippen LogP) is 1.63. The maximum atomic E-state index is 13.7. The first-order valence-corrected chi connectivity index (χ1v) is 5.99. The summed E-state index contributed by atoms with van der Waals surface area (Å²) in [7, 11) is 0. The fourth-order valence-electron chi connectivity index (χ4n) is 1.66. The van der Waals surface area contributed by atoms with Gasteiger partial charge in [0.2, 0.25) is 5.91 Å². The highest BCUT2D eigenvalue weighted by Crippen LogP contribution is 2.16. The first-order valence-electron chi connectivity index (χ1n) is 5.99. The molecule has 0 aliphatic carbocycles. The number of carbonyl (C=O) groups excluding carboxylic acids is 1. The van der Waals surface area contributed by atoms with Crippen LogP contribution >= 0.6 is 0 Å². The fourth-order valence-corrected chi connectivity index (χ4v) is 1.66. The largest absolute Gasteiger partial charge is 0.477 e. The van der Waals surface area contributed by atoms with Crippen molar-refractivity contribution < 1.29 is 19.1 Å². The van der Waals surface area contributed by atoms with Crippen molar-refractivity contribution in [2.45, 2.75) is 6.54 Å². The summed E-state index contributed by atoms with van der Waals surface area (Å²) in [5.74, 6) is -2.40. The SMILES string of the molecule is NC(=O)c1ccc(NCc2ccc(C(=O)O)nc2)c(F)c1. The molecule has 0 spiro atoms. The molecule has 4 N–H and O–H groups in total. The maximum absolute atomic E-state index is 13.7. The van der Waals surface area contributed by atoms with E-state index in [0.717, 1.165) is 6.07 Å². The number of pyridine rings is 1. The highest BCUT2D eigenvalue weighted by molar-refractivity contribution is 5.93. The number of nitrogens with zero attached hydrogens (tertiary/aromatic N) is 1. The van der Waals surface area contributed by atoms with Gasteiger partial charge in [0, 0.05) is 18.3 Å². The molecule has 0 aliphatic rings. The monoisotopic (exact) mass is 289 g/mol. The first kappa shape index (κ1) is 14.4. The first-order chi connectivity index (χ1) is 9.97. The summed E-state index contributed by atoms with van der Waals surface area (Å²) in [4.78, 5) is 25.3. The van der Waals surface area contributed by atoms with E-state index in [4.69, 9.17) is 10.8 Å². The van der Waals surface area contributed by atoms with Gasteiger partial charge in [-0.05, 0) is 29.8 Å². The Labute approximate surface area is 119 Å². The molecule has 2 aromatic rings. The lowest BCUT2D eigenvalue weighted by molar-refractivity contribution is 0.0690. The van der Waals surface area contributed by atoms with Crippen LogP contribution in [0.2, 0.25) is 0 Å². The molecule has 0 bridgehead atoms. The summed E-state index contributed by atoms with van der Waals surface area (Å²) in [5, 5.41) is 11.6. The number of anilines is 1. The molecule has 0 saturated heterocycles. The second-order valence-electron chi connectivity index (χ2n) is 4.27. The molecule has 21 heavy (non-hydrogen) atoms. The molecule has 0 fully saturated rings. The van der Waals surface area contributed by atoms with Gasteiger partial charge in [0.25, 0.3) is 0 Å². The van der Waals surface area contributed by atoms with Gasteiger partial charge >= 0.3 is 5.97 Å². The van der Waals surface area contributed by atoms with E-state index in [1.54, 1.807) is 6.07 Å². The molecule has 1 aromatic carbocycles. The minimum atomic E-state index is -1.11. The molecule has 1 amide bonds. The number of carbonyl (C=O) groups is 2. The number of nitrogens with one attached hydrogen (secondary N) is 1. The van der Waals surface area contributed by atoms with Gasteiger partial charge in [0.05, 0.1) is 5.69 Å². The van der Waals surface area contributed by atoms with Gasteiger partial charge < -0.3 is 16.2 Å². The number of carboxylic acids is 1. The Bertz CT molecular complexity index is 686. The Hall–Kier alpha value is -2.96. The van der Waals surface area contributed by atoms with E-state index < -0.39 is 17.7 Å². The Morgan fingerprint density at radius 2 is 2.05 bits per heavy atom. The molecule has 1 aromatic heterocycles. The Kier molecular flexibility index (Phi) is 4.13. The van der Waals surface area contributed by atoms with Gasteiger partial charge in [-0.15, -0.1) is 0 Å². The number of aromatic carboxylic acids is 1. The number of rotatable bonds is 5. The number of aromatic nitrogens is 1. The normalized spacial score (nSPS) is 10.1. The summed E-state index contributed by atoms with van der Waals surface area (Å²) in [5.41, 5.74) is 5.99. The highest BCUT2D eigenvalue weighted by atomic mass is 19.1. The van der Waals surface area contributed by atoms with Crippen LogP contribution < -0.4 is 11.1 Å². The van der Waals surface area contributed by atoms with Crippen molar-refractivity contribution >= 4 is 17.6 Å². The molecule has 0 radical (unpaired) electrons. The summed E-state index contributed by atoms with van der Waals surface area (Å²) in [6, 6.07) is 6.83. The van der Waals surface area contributed by atoms with Crippen molar-refractivity contribution in [1.29, 1.82) is 0 Å². The molecule has 108 valence electrons. The average Bonchev–Trinajstić information content (AvgIpc) is 2.46. The third kappa shape index (κ3) is 3.53. The fraction of sp³-hybridized carbons (Fsp3) is 0.0714. The molecule has 0 atom stereocenters. The Balaban J connectivity index is 2.06. The number of halogens is 1. The minimum Gasteiger partial charge on any atom is -0.477 e. The number of hydrogen-bond acceptors (Lipinski definition) is 4. The van der Waals surface area contributed by atoms with E-state index >= 15 is 0 Å². The second kappa shape index (κ2) is 6.00. The number of primary amides is 1. The van der Waals surface area contributed by atoms with Crippen LogP contribution in [0.15, 0.2) is 36.5 Å². The van der Waals surface area contributed by atoms with Gasteiger partial charge in [0.15, 0.2) is 0 Å². The smallest absolute Gasteiger partial charge is 0.354 e. The molecule has 0 saturated carbocycles. The van der Waals surface area contributed by atoms with Crippen LogP contribution in [0, 0.1) is 5.82 Å². The summed E-state index contributed by atoms with van der Waals surface area (Å²) in [6.07, 6.45) is 1.39. The van der Waals surface area contributed by atoms with E-state index in [9.17, 15) is 14.0 Å². The molecule has 0 aliphatic heterocycles. The highest BCUT2D eigenvalue weighted by Gasteiger charge is 2.07. The maximum Gasteiger partial charge on any atom is 0.354 e. The number of carboxylic acid groups (broad SMARTS) is 1. The number of hydrogen-bond donors (Lipinski definition) is 3. The lowest BCUT2D eigenvalue weighted by Gasteiger charge is -2.08. The molecule has 1 heterocycles. The average molecular weight is 289 g/mol. The van der Waals surface area contributed by atoms with Gasteiger partial charge in [-0.25, -0.2) is 14.2 Å². The zero-order valence-corrected chi connectivity index (χ0v) is 10.8. The lowest BCUT2D eigenvalue weighted by atomic mass is 10.2. The molecular weight excluding hydrogens is 277 g/mol. The zero-order chi connectivity index (χ0) is 15.4. The van der Waals surface area contributed by atoms with Crippen molar-refractivity contribution in [1.82, 2.24) is 4.98 Å². The van der Waals surface area contributed by atoms with E-state index in [1.807, 2.05) is 0 Å². The summed E-state index contributed by atoms with van der Waals surface area (Å²) < 4.78 is 13.7. The van der Waals surface area contributed by atoms with Crippen LogP contribution in [0.4, 0.5) is 10.1 Å². The van der Waals surface area contributed by atoms with Crippen LogP contribution in [0.3, 0.4) is 0 Å². The number of nitrogens with two attached hydrogens (primary N) is 1. The van der Waals surface area contributed by atoms with Crippen molar-refractivity contribution in [2.75, 3.05) is 5.32 Å². The van der Waals surface area contributed by atoms with Crippen molar-refractivity contribution in [3.63, 3.8) is 0 Å². The molecule has 2 rings (SSSR count). The van der Waals surface area contributed by atoms with E-state index in [2.05, 4.69) is 10.3 Å². The third-order valence-electron chi connectivity index (χ3n) is 2.78. The van der Waals surface area contributed by atoms with Crippen LogP contribution in [-0.2, 0) is 6.54 Å². The number of benzene rings is 1. The van der Waals surface area contributed by atoms with Gasteiger partial charge in [0.1, 0.15) is 11.5 Å². The minimum absolute atomic E-state index is 0.0595. The second-order valence-corrected chi connectivity index (χ2v) is 4.27. The molecule has 6 nitrogen and oxygen atoms in total. The third-order valence-corrected chi connectivity index (χ3v) is 2.78. The van der Waals surface area contributed by atoms with Gasteiger partial charge in [-0.1, -0.05) is 6.07 Å². The standard InChI is InChI=1S/C14H12FN3O3/c15-10-5-9(13(16)19)2-4-11(10)17-6-8-1-3-12(14(20)21)18-7-8/h1-5,7,17H,6H2,(H2,16,19)(H,20,21). The van der Waals surface area contributed by atoms with Crippen LogP contribution in [0.5, 0.6) is 0 Å². The van der Waals surface area contributed by atoms with Crippen molar-refractivity contribution in [3.05, 3.63) is 59.2 Å². The van der Waals surface area contributed by atoms with Crippen molar-refractivity contribution in [3.8, 4) is 0 Å². The van der Waals surface area contributed by atoms with Gasteiger partial charge in [-0.2, -0.15) is 0 Å². The van der Waals surface area contributed by atoms with E-state index in [-0.39, 0.29) is 23.5 Å². The van der Waals surface area contributed by atoms with E-state index in [1.165, 1.54) is 24.4 Å². The van der Waals surface area contributed by atoms with E-state index in [0.29, 0.717) is 5.56 Å². The summed E-state index contributed by atoms with van der Waals surface area (Å²) >= 11 is 0. The van der Waals surface area contributed by atoms with Gasteiger partial charge in [-0.3, -0.25) is 4.79 Å². The Morgan fingerprint density at radius 1 is 1.29 bits per heavy atom. The Morgan fingerprint density at radius 3 is 2.57 bits per heavy atom.